The lowest BCUT2D eigenvalue weighted by Gasteiger charge is -2.35. The van der Waals surface area contributed by atoms with Crippen LogP contribution in [0.25, 0.3) is 22.4 Å². The summed E-state index contributed by atoms with van der Waals surface area (Å²) < 4.78 is 16.1. The number of benzene rings is 1. The Morgan fingerprint density at radius 2 is 2.00 bits per heavy atom. The SMILES string of the molecule is N#Cc1cccc(F)c1C(=O)N1CCN(CC[C@@H](C#N)n2ccc(-c3ncc4cc[nH]c4n3)c2)CC1. The third kappa shape index (κ3) is 4.54. The zero-order valence-electron chi connectivity index (χ0n) is 19.4. The van der Waals surface area contributed by atoms with Crippen molar-refractivity contribution in [1.29, 1.82) is 10.5 Å². The molecule has 1 atom stereocenters. The highest BCUT2D eigenvalue weighted by Crippen LogP contribution is 2.22. The number of rotatable bonds is 6. The third-order valence-electron chi connectivity index (χ3n) is 6.51. The molecule has 0 unspecified atom stereocenters. The minimum Gasteiger partial charge on any atom is -0.346 e. The average molecular weight is 483 g/mol. The summed E-state index contributed by atoms with van der Waals surface area (Å²) in [5, 5.41) is 20.0. The minimum absolute atomic E-state index is 0.0450. The molecule has 1 aliphatic heterocycles. The van der Waals surface area contributed by atoms with E-state index in [0.29, 0.717) is 45.0 Å². The first-order valence-corrected chi connectivity index (χ1v) is 11.6. The third-order valence-corrected chi connectivity index (χ3v) is 6.51. The van der Waals surface area contributed by atoms with Gasteiger partial charge in [0.2, 0.25) is 0 Å². The summed E-state index contributed by atoms with van der Waals surface area (Å²) in [5.74, 6) is -0.544. The second kappa shape index (κ2) is 9.98. The van der Waals surface area contributed by atoms with Gasteiger partial charge >= 0.3 is 0 Å². The predicted molar refractivity (Wildman–Crippen MR) is 130 cm³/mol. The molecule has 0 aliphatic carbocycles. The maximum Gasteiger partial charge on any atom is 0.258 e. The molecule has 5 rings (SSSR count). The Kier molecular flexibility index (Phi) is 6.44. The van der Waals surface area contributed by atoms with E-state index in [4.69, 9.17) is 0 Å². The smallest absolute Gasteiger partial charge is 0.258 e. The number of halogens is 1. The first kappa shape index (κ1) is 23.2. The van der Waals surface area contributed by atoms with Gasteiger partial charge in [-0.25, -0.2) is 14.4 Å². The van der Waals surface area contributed by atoms with Crippen molar-refractivity contribution in [1.82, 2.24) is 29.3 Å². The first-order chi connectivity index (χ1) is 17.6. The molecule has 0 saturated carbocycles. The molecular weight excluding hydrogens is 459 g/mol. The first-order valence-electron chi connectivity index (χ1n) is 11.6. The number of fused-ring (bicyclic) bond motifs is 1. The number of hydrogen-bond acceptors (Lipinski definition) is 6. The summed E-state index contributed by atoms with van der Waals surface area (Å²) in [6.45, 7) is 2.77. The number of nitrogens with one attached hydrogen (secondary N) is 1. The van der Waals surface area contributed by atoms with Gasteiger partial charge in [-0.05, 0) is 30.7 Å². The minimum atomic E-state index is -0.678. The summed E-state index contributed by atoms with van der Waals surface area (Å²) in [6.07, 6.45) is 7.95. The topological polar surface area (TPSA) is 118 Å². The molecule has 3 aromatic heterocycles. The van der Waals surface area contributed by atoms with E-state index in [0.717, 1.165) is 16.6 Å². The number of nitrogens with zero attached hydrogens (tertiary/aromatic N) is 7. The van der Waals surface area contributed by atoms with Crippen molar-refractivity contribution in [3.8, 4) is 23.5 Å². The average Bonchev–Trinajstić information content (AvgIpc) is 3.58. The van der Waals surface area contributed by atoms with E-state index >= 15 is 0 Å². The standard InChI is InChI=1S/C26H23FN8O/c27-22-3-1-2-18(14-28)23(22)26(36)34-12-10-33(11-13-34)8-6-21(15-29)35-9-5-20(17-35)25-31-16-19-4-7-30-24(19)32-25/h1-5,7,9,16-17,21H,6,8,10-13H2,(H,30,31,32)/t21-/m0/s1. The molecule has 1 N–H and O–H groups in total. The van der Waals surface area contributed by atoms with Gasteiger partial charge in [0.25, 0.3) is 5.91 Å². The molecule has 4 heterocycles. The summed E-state index contributed by atoms with van der Waals surface area (Å²) in [6, 6.07) is 11.8. The van der Waals surface area contributed by atoms with Crippen LogP contribution in [0, 0.1) is 28.5 Å². The van der Waals surface area contributed by atoms with Crippen LogP contribution in [0.3, 0.4) is 0 Å². The van der Waals surface area contributed by atoms with Crippen molar-refractivity contribution in [2.75, 3.05) is 32.7 Å². The molecule has 1 amide bonds. The molecule has 10 heteroatoms. The molecule has 1 aliphatic rings. The summed E-state index contributed by atoms with van der Waals surface area (Å²) in [5.41, 5.74) is 1.48. The number of amides is 1. The van der Waals surface area contributed by atoms with Crippen LogP contribution in [0.15, 0.2) is 55.1 Å². The van der Waals surface area contributed by atoms with Gasteiger partial charge in [0, 0.05) is 68.5 Å². The van der Waals surface area contributed by atoms with Crippen LogP contribution in [0.1, 0.15) is 28.4 Å². The van der Waals surface area contributed by atoms with Gasteiger partial charge in [0.1, 0.15) is 23.6 Å². The van der Waals surface area contributed by atoms with Gasteiger partial charge < -0.3 is 14.5 Å². The lowest BCUT2D eigenvalue weighted by atomic mass is 10.1. The van der Waals surface area contributed by atoms with Crippen LogP contribution in [0.4, 0.5) is 4.39 Å². The van der Waals surface area contributed by atoms with Gasteiger partial charge in [0.05, 0.1) is 17.2 Å². The Bertz CT molecular complexity index is 1490. The highest BCUT2D eigenvalue weighted by molar-refractivity contribution is 5.97. The van der Waals surface area contributed by atoms with E-state index in [9.17, 15) is 19.7 Å². The summed E-state index contributed by atoms with van der Waals surface area (Å²) in [7, 11) is 0. The van der Waals surface area contributed by atoms with Crippen molar-refractivity contribution >= 4 is 16.9 Å². The van der Waals surface area contributed by atoms with Crippen molar-refractivity contribution in [2.45, 2.75) is 12.5 Å². The lowest BCUT2D eigenvalue weighted by molar-refractivity contribution is 0.0628. The molecule has 0 bridgehead atoms. The monoisotopic (exact) mass is 482 g/mol. The molecule has 1 aromatic carbocycles. The Hall–Kier alpha value is -4.54. The van der Waals surface area contributed by atoms with Gasteiger partial charge in [-0.3, -0.25) is 9.69 Å². The second-order valence-corrected chi connectivity index (χ2v) is 8.66. The molecule has 0 spiro atoms. The quantitative estimate of drug-likeness (QED) is 0.450. The van der Waals surface area contributed by atoms with Gasteiger partial charge in [-0.1, -0.05) is 6.07 Å². The maximum absolute atomic E-state index is 14.2. The highest BCUT2D eigenvalue weighted by Gasteiger charge is 2.26. The fourth-order valence-corrected chi connectivity index (χ4v) is 4.47. The van der Waals surface area contributed by atoms with Crippen molar-refractivity contribution in [3.63, 3.8) is 0 Å². The molecule has 36 heavy (non-hydrogen) atoms. The number of piperazine rings is 1. The highest BCUT2D eigenvalue weighted by atomic mass is 19.1. The Balaban J connectivity index is 1.18. The van der Waals surface area contributed by atoms with E-state index in [-0.39, 0.29) is 17.2 Å². The number of carbonyl (C=O) groups excluding carboxylic acids is 1. The van der Waals surface area contributed by atoms with Crippen LogP contribution in [0.5, 0.6) is 0 Å². The number of aromatic amines is 1. The van der Waals surface area contributed by atoms with E-state index in [1.165, 1.54) is 18.2 Å². The van der Waals surface area contributed by atoms with E-state index in [1.54, 1.807) is 11.1 Å². The Labute approximate surface area is 207 Å². The normalized spacial score (nSPS) is 14.9. The molecule has 1 fully saturated rings. The number of nitriles is 2. The zero-order chi connectivity index (χ0) is 25.1. The maximum atomic E-state index is 14.2. The predicted octanol–water partition coefficient (Wildman–Crippen LogP) is 3.35. The number of hydrogen-bond donors (Lipinski definition) is 1. The van der Waals surface area contributed by atoms with Crippen molar-refractivity contribution in [2.24, 2.45) is 0 Å². The van der Waals surface area contributed by atoms with Crippen LogP contribution in [-0.2, 0) is 0 Å². The molecule has 1 saturated heterocycles. The Morgan fingerprint density at radius 3 is 2.78 bits per heavy atom. The van der Waals surface area contributed by atoms with Gasteiger partial charge in [-0.2, -0.15) is 10.5 Å². The van der Waals surface area contributed by atoms with Crippen molar-refractivity contribution in [3.05, 3.63) is 72.1 Å². The summed E-state index contributed by atoms with van der Waals surface area (Å²) in [4.78, 5) is 28.6. The van der Waals surface area contributed by atoms with E-state index in [1.807, 2.05) is 41.4 Å². The van der Waals surface area contributed by atoms with E-state index in [2.05, 4.69) is 25.9 Å². The summed E-state index contributed by atoms with van der Waals surface area (Å²) >= 11 is 0. The largest absolute Gasteiger partial charge is 0.346 e. The molecule has 4 aromatic rings. The fraction of sp³-hybridized carbons (Fsp3) is 0.269. The molecule has 0 radical (unpaired) electrons. The van der Waals surface area contributed by atoms with E-state index < -0.39 is 11.7 Å². The lowest BCUT2D eigenvalue weighted by Crippen LogP contribution is -2.49. The number of carbonyl (C=O) groups is 1. The molecular formula is C26H23FN8O. The van der Waals surface area contributed by atoms with Gasteiger partial charge in [0.15, 0.2) is 5.82 Å². The number of aromatic nitrogens is 4. The molecule has 180 valence electrons. The second-order valence-electron chi connectivity index (χ2n) is 8.66. The van der Waals surface area contributed by atoms with Crippen LogP contribution in [0.2, 0.25) is 0 Å². The fourth-order valence-electron chi connectivity index (χ4n) is 4.47. The van der Waals surface area contributed by atoms with Crippen LogP contribution in [-0.4, -0.2) is 67.9 Å². The number of H-pyrrole nitrogens is 1. The van der Waals surface area contributed by atoms with Crippen molar-refractivity contribution < 1.29 is 9.18 Å². The van der Waals surface area contributed by atoms with Crippen LogP contribution < -0.4 is 0 Å². The van der Waals surface area contributed by atoms with Crippen LogP contribution >= 0.6 is 0 Å². The Morgan fingerprint density at radius 1 is 1.17 bits per heavy atom. The molecule has 9 nitrogen and oxygen atoms in total. The zero-order valence-corrected chi connectivity index (χ0v) is 19.4. The van der Waals surface area contributed by atoms with Gasteiger partial charge in [-0.15, -0.1) is 0 Å².